The summed E-state index contributed by atoms with van der Waals surface area (Å²) in [5, 5.41) is 3.39. The highest BCUT2D eigenvalue weighted by molar-refractivity contribution is 5.84. The molecule has 1 amide bonds. The first-order chi connectivity index (χ1) is 8.39. The number of carbonyl (C=O) groups excluding carboxylic acids is 1. The molecule has 1 aliphatic carbocycles. The Balaban J connectivity index is 2.39. The third-order valence-corrected chi connectivity index (χ3v) is 3.90. The number of hydrogen-bond donors (Lipinski definition) is 2. The van der Waals surface area contributed by atoms with Gasteiger partial charge < -0.3 is 16.0 Å². The fourth-order valence-electron chi connectivity index (χ4n) is 2.36. The summed E-state index contributed by atoms with van der Waals surface area (Å²) in [5.74, 6) is -0.220. The molecule has 1 unspecified atom stereocenters. The van der Waals surface area contributed by atoms with Crippen molar-refractivity contribution in [2.24, 2.45) is 5.73 Å². The zero-order chi connectivity index (χ0) is 13.8. The Hall–Kier alpha value is -0.610. The van der Waals surface area contributed by atoms with E-state index in [2.05, 4.69) is 31.0 Å². The minimum atomic E-state index is -0.530. The average molecular weight is 255 g/mol. The van der Waals surface area contributed by atoms with Gasteiger partial charge in [0.15, 0.2) is 0 Å². The van der Waals surface area contributed by atoms with Crippen LogP contribution < -0.4 is 11.1 Å². The van der Waals surface area contributed by atoms with Crippen LogP contribution in [0.5, 0.6) is 0 Å². The Bertz CT molecular complexity index is 276. The van der Waals surface area contributed by atoms with Crippen LogP contribution in [0.15, 0.2) is 0 Å². The second kappa shape index (κ2) is 6.53. The maximum atomic E-state index is 11.6. The molecule has 0 saturated heterocycles. The number of hydrogen-bond acceptors (Lipinski definition) is 3. The topological polar surface area (TPSA) is 58.4 Å². The van der Waals surface area contributed by atoms with Crippen molar-refractivity contribution in [3.63, 3.8) is 0 Å². The predicted molar refractivity (Wildman–Crippen MR) is 75.4 cm³/mol. The summed E-state index contributed by atoms with van der Waals surface area (Å²) in [6, 6.07) is 1.07. The maximum Gasteiger partial charge on any atom is 0.237 e. The van der Waals surface area contributed by atoms with E-state index in [1.54, 1.807) is 0 Å². The summed E-state index contributed by atoms with van der Waals surface area (Å²) < 4.78 is 0. The van der Waals surface area contributed by atoms with Gasteiger partial charge >= 0.3 is 0 Å². The van der Waals surface area contributed by atoms with Crippen molar-refractivity contribution in [3.05, 3.63) is 0 Å². The van der Waals surface area contributed by atoms with E-state index < -0.39 is 5.54 Å². The van der Waals surface area contributed by atoms with E-state index >= 15 is 0 Å². The average Bonchev–Trinajstić information content (AvgIpc) is 3.07. The molecule has 4 heteroatoms. The Kier molecular flexibility index (Phi) is 5.60. The van der Waals surface area contributed by atoms with Gasteiger partial charge in [0.05, 0.1) is 5.54 Å². The molecule has 0 bridgehead atoms. The van der Waals surface area contributed by atoms with E-state index in [0.717, 1.165) is 25.9 Å². The highest BCUT2D eigenvalue weighted by Gasteiger charge is 2.36. The fraction of sp³-hybridized carbons (Fsp3) is 0.929. The summed E-state index contributed by atoms with van der Waals surface area (Å²) in [4.78, 5) is 14.0. The first-order valence-electron chi connectivity index (χ1n) is 7.20. The second-order valence-corrected chi connectivity index (χ2v) is 5.94. The molecule has 18 heavy (non-hydrogen) atoms. The van der Waals surface area contributed by atoms with Crippen LogP contribution in [0.2, 0.25) is 0 Å². The van der Waals surface area contributed by atoms with Crippen LogP contribution in [0.4, 0.5) is 0 Å². The molecule has 4 nitrogen and oxygen atoms in total. The van der Waals surface area contributed by atoms with Crippen molar-refractivity contribution in [1.29, 1.82) is 0 Å². The van der Waals surface area contributed by atoms with E-state index in [-0.39, 0.29) is 5.91 Å². The molecule has 1 fully saturated rings. The molecule has 3 N–H and O–H groups in total. The molecule has 0 aromatic heterocycles. The second-order valence-electron chi connectivity index (χ2n) is 5.94. The van der Waals surface area contributed by atoms with E-state index in [9.17, 15) is 4.79 Å². The normalized spacial score (nSPS) is 19.2. The minimum Gasteiger partial charge on any atom is -0.368 e. The maximum absolute atomic E-state index is 11.6. The van der Waals surface area contributed by atoms with E-state index in [1.165, 1.54) is 12.8 Å². The Labute approximate surface area is 111 Å². The SMILES string of the molecule is CCN(CCCC(C)(NC1CC1)C(N)=O)C(C)C. The number of carbonyl (C=O) groups is 1. The number of primary amides is 1. The monoisotopic (exact) mass is 255 g/mol. The summed E-state index contributed by atoms with van der Waals surface area (Å²) in [6.07, 6.45) is 4.18. The highest BCUT2D eigenvalue weighted by atomic mass is 16.1. The fourth-order valence-corrected chi connectivity index (χ4v) is 2.36. The van der Waals surface area contributed by atoms with E-state index in [1.807, 2.05) is 6.92 Å². The molecule has 1 atom stereocenters. The van der Waals surface area contributed by atoms with Gasteiger partial charge in [-0.3, -0.25) is 4.79 Å². The molecular formula is C14H29N3O. The van der Waals surface area contributed by atoms with Gasteiger partial charge in [0.2, 0.25) is 5.91 Å². The highest BCUT2D eigenvalue weighted by Crippen LogP contribution is 2.24. The molecule has 0 radical (unpaired) electrons. The molecule has 1 aliphatic rings. The molecule has 0 aromatic carbocycles. The van der Waals surface area contributed by atoms with Gasteiger partial charge in [-0.25, -0.2) is 0 Å². The molecule has 1 saturated carbocycles. The van der Waals surface area contributed by atoms with Gasteiger partial charge in [0, 0.05) is 12.1 Å². The van der Waals surface area contributed by atoms with Crippen LogP contribution in [0, 0.1) is 0 Å². The lowest BCUT2D eigenvalue weighted by Gasteiger charge is -2.30. The number of nitrogens with two attached hydrogens (primary N) is 1. The lowest BCUT2D eigenvalue weighted by atomic mass is 9.94. The van der Waals surface area contributed by atoms with Crippen LogP contribution in [0.25, 0.3) is 0 Å². The van der Waals surface area contributed by atoms with E-state index in [4.69, 9.17) is 5.73 Å². The number of rotatable bonds is 9. The van der Waals surface area contributed by atoms with Crippen LogP contribution in [-0.2, 0) is 4.79 Å². The summed E-state index contributed by atoms with van der Waals surface area (Å²) in [5.41, 5.74) is 5.01. The molecule has 0 aromatic rings. The third-order valence-electron chi connectivity index (χ3n) is 3.90. The minimum absolute atomic E-state index is 0.220. The first kappa shape index (κ1) is 15.4. The molecule has 0 spiro atoms. The standard InChI is InChI=1S/C14H29N3O/c1-5-17(11(2)3)10-6-9-14(4,13(15)18)16-12-7-8-12/h11-12,16H,5-10H2,1-4H3,(H2,15,18). The van der Waals surface area contributed by atoms with Crippen molar-refractivity contribution < 1.29 is 4.79 Å². The zero-order valence-corrected chi connectivity index (χ0v) is 12.3. The molecular weight excluding hydrogens is 226 g/mol. The van der Waals surface area contributed by atoms with Crippen LogP contribution in [0.1, 0.15) is 53.4 Å². The van der Waals surface area contributed by atoms with Crippen molar-refractivity contribution in [2.75, 3.05) is 13.1 Å². The summed E-state index contributed by atoms with van der Waals surface area (Å²) in [7, 11) is 0. The third kappa shape index (κ3) is 4.58. The quantitative estimate of drug-likeness (QED) is 0.656. The smallest absolute Gasteiger partial charge is 0.237 e. The molecule has 1 rings (SSSR count). The Morgan fingerprint density at radius 2 is 2.11 bits per heavy atom. The first-order valence-corrected chi connectivity index (χ1v) is 7.20. The molecule has 0 heterocycles. The van der Waals surface area contributed by atoms with Crippen molar-refractivity contribution in [1.82, 2.24) is 10.2 Å². The summed E-state index contributed by atoms with van der Waals surface area (Å²) in [6.45, 7) is 10.6. The molecule has 0 aliphatic heterocycles. The number of nitrogens with zero attached hydrogens (tertiary/aromatic N) is 1. The lowest BCUT2D eigenvalue weighted by Crippen LogP contribution is -2.54. The van der Waals surface area contributed by atoms with Crippen LogP contribution in [-0.4, -0.2) is 41.5 Å². The summed E-state index contributed by atoms with van der Waals surface area (Å²) >= 11 is 0. The Morgan fingerprint density at radius 3 is 2.50 bits per heavy atom. The van der Waals surface area contributed by atoms with Gasteiger partial charge in [-0.15, -0.1) is 0 Å². The predicted octanol–water partition coefficient (Wildman–Crippen LogP) is 1.49. The van der Waals surface area contributed by atoms with Gasteiger partial charge in [-0.1, -0.05) is 6.92 Å². The van der Waals surface area contributed by atoms with Gasteiger partial charge in [0.1, 0.15) is 0 Å². The van der Waals surface area contributed by atoms with E-state index in [0.29, 0.717) is 12.1 Å². The van der Waals surface area contributed by atoms with Crippen LogP contribution >= 0.6 is 0 Å². The van der Waals surface area contributed by atoms with Gasteiger partial charge in [-0.2, -0.15) is 0 Å². The van der Waals surface area contributed by atoms with Gasteiger partial charge in [0.25, 0.3) is 0 Å². The van der Waals surface area contributed by atoms with Crippen molar-refractivity contribution in [3.8, 4) is 0 Å². The van der Waals surface area contributed by atoms with Gasteiger partial charge in [-0.05, 0) is 59.5 Å². The van der Waals surface area contributed by atoms with Crippen LogP contribution in [0.3, 0.4) is 0 Å². The Morgan fingerprint density at radius 1 is 1.50 bits per heavy atom. The van der Waals surface area contributed by atoms with Crippen molar-refractivity contribution in [2.45, 2.75) is 71.0 Å². The van der Waals surface area contributed by atoms with Crippen molar-refractivity contribution >= 4 is 5.91 Å². The molecule has 106 valence electrons. The lowest BCUT2D eigenvalue weighted by molar-refractivity contribution is -0.124. The largest absolute Gasteiger partial charge is 0.368 e. The number of nitrogens with one attached hydrogen (secondary N) is 1. The number of amides is 1. The zero-order valence-electron chi connectivity index (χ0n) is 12.3.